The van der Waals surface area contributed by atoms with Crippen molar-refractivity contribution in [3.05, 3.63) is 35.1 Å². The number of likely N-dealkylation sites (tertiary alicyclic amines) is 1. The van der Waals surface area contributed by atoms with E-state index in [2.05, 4.69) is 37.2 Å². The van der Waals surface area contributed by atoms with Gasteiger partial charge in [-0.2, -0.15) is 9.97 Å². The largest absolute Gasteiger partial charge is 0.467 e. The lowest BCUT2D eigenvalue weighted by Crippen LogP contribution is -2.39. The molecule has 0 saturated carbocycles. The van der Waals surface area contributed by atoms with Gasteiger partial charge in [0, 0.05) is 29.6 Å². The number of halogens is 4. The summed E-state index contributed by atoms with van der Waals surface area (Å²) in [4.78, 5) is 19.3. The summed E-state index contributed by atoms with van der Waals surface area (Å²) in [5.74, 6) is -3.45. The van der Waals surface area contributed by atoms with Gasteiger partial charge in [0.05, 0.1) is 36.3 Å². The van der Waals surface area contributed by atoms with E-state index in [1.165, 1.54) is 44.0 Å². The highest BCUT2D eigenvalue weighted by atomic mass is 35.5. The van der Waals surface area contributed by atoms with Gasteiger partial charge < -0.3 is 30.6 Å². The molecule has 6 rings (SSSR count). The number of H-pyrrole nitrogens is 1. The molecule has 0 amide bonds. The van der Waals surface area contributed by atoms with E-state index in [9.17, 15) is 8.78 Å². The molecule has 0 bridgehead atoms. The van der Waals surface area contributed by atoms with Crippen LogP contribution in [0.15, 0.2) is 24.3 Å². The Labute approximate surface area is 228 Å². The van der Waals surface area contributed by atoms with Crippen molar-refractivity contribution in [2.24, 2.45) is 0 Å². The maximum absolute atomic E-state index is 16.0. The number of nitrogen functional groups attached to an aromatic ring is 1. The molecule has 39 heavy (non-hydrogen) atoms. The number of aromatic amines is 1. The average molecular weight is 563 g/mol. The van der Waals surface area contributed by atoms with Crippen molar-refractivity contribution < 1.29 is 17.9 Å². The standard InChI is InChI=1S/C21H19ClF3N7O.C5H11N/c1-33-20-30-17-11(18(31-20)32-6-5-27-8-21(24,25)9-32)7-12(22)14(15(17)23)10-3-2-4-13-16(10)29-19(26)28-13;1-6-4-2-3-5-6/h2-4,7,27H,5-6,8-9H2,1H3,(H3,26,28,29);2-5H2,1H3. The van der Waals surface area contributed by atoms with Crippen molar-refractivity contribution >= 4 is 45.3 Å². The number of nitrogens with two attached hydrogens (primary N) is 1. The number of methoxy groups -OCH3 is 1. The number of alkyl halides is 2. The van der Waals surface area contributed by atoms with E-state index in [1.807, 2.05) is 0 Å². The zero-order chi connectivity index (χ0) is 27.7. The van der Waals surface area contributed by atoms with E-state index in [0.717, 1.165) is 0 Å². The van der Waals surface area contributed by atoms with E-state index in [-0.39, 0.29) is 45.8 Å². The molecule has 2 aliphatic heterocycles. The van der Waals surface area contributed by atoms with E-state index in [1.54, 1.807) is 18.2 Å². The van der Waals surface area contributed by atoms with Gasteiger partial charge in [-0.05, 0) is 45.1 Å². The van der Waals surface area contributed by atoms with Gasteiger partial charge in [0.2, 0.25) is 0 Å². The second-order valence-electron chi connectivity index (χ2n) is 9.77. The number of fused-ring (bicyclic) bond motifs is 2. The Bertz CT molecular complexity index is 1490. The van der Waals surface area contributed by atoms with Crippen LogP contribution in [-0.4, -0.2) is 84.2 Å². The SMILES string of the molecule is CN1CCCC1.COc1nc(N2CCNCC(F)(F)C2)c2cc(Cl)c(-c3cccc4[nH]c(N)nc34)c(F)c2n1. The number of aromatic nitrogens is 4. The number of nitrogens with zero attached hydrogens (tertiary/aromatic N) is 5. The fraction of sp³-hybridized carbons (Fsp3) is 0.423. The van der Waals surface area contributed by atoms with Gasteiger partial charge in [-0.1, -0.05) is 23.7 Å². The van der Waals surface area contributed by atoms with Gasteiger partial charge in [0.25, 0.3) is 5.92 Å². The van der Waals surface area contributed by atoms with Crippen molar-refractivity contribution in [3.8, 4) is 17.1 Å². The highest BCUT2D eigenvalue weighted by Crippen LogP contribution is 2.41. The molecule has 208 valence electrons. The Morgan fingerprint density at radius 1 is 1.10 bits per heavy atom. The molecule has 0 unspecified atom stereocenters. The molecule has 9 nitrogen and oxygen atoms in total. The average Bonchev–Trinajstić information content (AvgIpc) is 3.49. The molecule has 0 aliphatic carbocycles. The molecule has 13 heteroatoms. The van der Waals surface area contributed by atoms with E-state index in [0.29, 0.717) is 23.1 Å². The molecule has 4 heterocycles. The first-order chi connectivity index (χ1) is 18.7. The molecule has 2 aromatic heterocycles. The van der Waals surface area contributed by atoms with Gasteiger partial charge in [-0.25, -0.2) is 18.2 Å². The van der Waals surface area contributed by atoms with Crippen LogP contribution in [0.25, 0.3) is 33.1 Å². The van der Waals surface area contributed by atoms with Gasteiger partial charge in [-0.15, -0.1) is 0 Å². The van der Waals surface area contributed by atoms with Crippen LogP contribution in [0.5, 0.6) is 6.01 Å². The molecule has 0 spiro atoms. The van der Waals surface area contributed by atoms with E-state index >= 15 is 4.39 Å². The molecule has 2 aliphatic rings. The predicted octanol–water partition coefficient (Wildman–Crippen LogP) is 4.31. The summed E-state index contributed by atoms with van der Waals surface area (Å²) in [6.07, 6.45) is 2.83. The Morgan fingerprint density at radius 3 is 2.56 bits per heavy atom. The molecule has 4 aromatic rings. The van der Waals surface area contributed by atoms with Crippen LogP contribution in [0, 0.1) is 5.82 Å². The summed E-state index contributed by atoms with van der Waals surface area (Å²) >= 11 is 6.55. The third kappa shape index (κ3) is 5.68. The van der Waals surface area contributed by atoms with Gasteiger partial charge in [-0.3, -0.25) is 0 Å². The van der Waals surface area contributed by atoms with Crippen molar-refractivity contribution in [1.29, 1.82) is 0 Å². The minimum atomic E-state index is -3.00. The number of anilines is 2. The minimum Gasteiger partial charge on any atom is -0.467 e. The fourth-order valence-corrected chi connectivity index (χ4v) is 5.24. The number of para-hydroxylation sites is 1. The molecule has 4 N–H and O–H groups in total. The Balaban J connectivity index is 0.000000455. The predicted molar refractivity (Wildman–Crippen MR) is 147 cm³/mol. The van der Waals surface area contributed by atoms with Crippen LogP contribution in [0.3, 0.4) is 0 Å². The number of imidazole rings is 1. The molecule has 0 radical (unpaired) electrons. The lowest BCUT2D eigenvalue weighted by Gasteiger charge is -2.26. The molecule has 0 atom stereocenters. The van der Waals surface area contributed by atoms with E-state index in [4.69, 9.17) is 22.1 Å². The zero-order valence-electron chi connectivity index (χ0n) is 21.7. The van der Waals surface area contributed by atoms with Crippen molar-refractivity contribution in [2.45, 2.75) is 18.8 Å². The summed E-state index contributed by atoms with van der Waals surface area (Å²) in [7, 11) is 3.50. The fourth-order valence-electron chi connectivity index (χ4n) is 4.95. The van der Waals surface area contributed by atoms with Crippen LogP contribution in [-0.2, 0) is 0 Å². The van der Waals surface area contributed by atoms with Crippen molar-refractivity contribution in [1.82, 2.24) is 30.2 Å². The first-order valence-corrected chi connectivity index (χ1v) is 13.0. The highest BCUT2D eigenvalue weighted by molar-refractivity contribution is 6.34. The molecular formula is C26H30ClF3N8O. The number of rotatable bonds is 3. The second-order valence-corrected chi connectivity index (χ2v) is 10.2. The summed E-state index contributed by atoms with van der Waals surface area (Å²) in [5, 5.41) is 2.96. The van der Waals surface area contributed by atoms with Gasteiger partial charge in [0.15, 0.2) is 11.8 Å². The maximum Gasteiger partial charge on any atom is 0.318 e. The Kier molecular flexibility index (Phi) is 7.70. The molecule has 2 aromatic carbocycles. The molecular weight excluding hydrogens is 533 g/mol. The van der Waals surface area contributed by atoms with Crippen LogP contribution in [0.2, 0.25) is 5.02 Å². The highest BCUT2D eigenvalue weighted by Gasteiger charge is 2.35. The molecule has 2 fully saturated rings. The topological polar surface area (TPSA) is 108 Å². The Hall–Kier alpha value is -3.35. The first-order valence-electron chi connectivity index (χ1n) is 12.7. The third-order valence-corrected chi connectivity index (χ3v) is 7.12. The number of benzene rings is 2. The minimum absolute atomic E-state index is 0.0591. The van der Waals surface area contributed by atoms with Crippen molar-refractivity contribution in [2.75, 3.05) is 64.1 Å². The summed E-state index contributed by atoms with van der Waals surface area (Å²) in [6, 6.07) is 6.47. The van der Waals surface area contributed by atoms with Crippen molar-refractivity contribution in [3.63, 3.8) is 0 Å². The summed E-state index contributed by atoms with van der Waals surface area (Å²) in [6.45, 7) is 2.12. The smallest absolute Gasteiger partial charge is 0.318 e. The number of hydrogen-bond acceptors (Lipinski definition) is 8. The summed E-state index contributed by atoms with van der Waals surface area (Å²) in [5.41, 5.74) is 7.21. The van der Waals surface area contributed by atoms with Crippen LogP contribution < -0.4 is 20.7 Å². The third-order valence-electron chi connectivity index (χ3n) is 6.82. The first kappa shape index (κ1) is 27.2. The van der Waals surface area contributed by atoms with Crippen LogP contribution >= 0.6 is 11.6 Å². The number of hydrogen-bond donors (Lipinski definition) is 3. The quantitative estimate of drug-likeness (QED) is 0.339. The lowest BCUT2D eigenvalue weighted by molar-refractivity contribution is 0.0156. The Morgan fingerprint density at radius 2 is 1.87 bits per heavy atom. The lowest BCUT2D eigenvalue weighted by atomic mass is 10.0. The van der Waals surface area contributed by atoms with Crippen LogP contribution in [0.4, 0.5) is 24.9 Å². The van der Waals surface area contributed by atoms with E-state index < -0.39 is 24.8 Å². The molecule has 2 saturated heterocycles. The van der Waals surface area contributed by atoms with Gasteiger partial charge >= 0.3 is 6.01 Å². The second kappa shape index (κ2) is 11.0. The van der Waals surface area contributed by atoms with Gasteiger partial charge in [0.1, 0.15) is 11.3 Å². The normalized spacial score (nSPS) is 17.7. The van der Waals surface area contributed by atoms with Crippen LogP contribution in [0.1, 0.15) is 12.8 Å². The zero-order valence-corrected chi connectivity index (χ0v) is 22.5. The monoisotopic (exact) mass is 562 g/mol. The number of nitrogens with one attached hydrogen (secondary N) is 2. The summed E-state index contributed by atoms with van der Waals surface area (Å²) < 4.78 is 49.7. The maximum atomic E-state index is 16.0. The number of ether oxygens (including phenoxy) is 1.